The number of aromatic nitrogens is 1. The second kappa shape index (κ2) is 7.53. The van der Waals surface area contributed by atoms with Crippen LogP contribution in [0.25, 0.3) is 10.6 Å². The van der Waals surface area contributed by atoms with Crippen molar-refractivity contribution in [3.8, 4) is 10.6 Å². The Labute approximate surface area is 141 Å². The molecule has 0 amide bonds. The fourth-order valence-electron chi connectivity index (χ4n) is 2.96. The maximum atomic E-state index is 9.84. The number of ether oxygens (including phenoxy) is 1. The number of methoxy groups -OCH3 is 1. The number of hydrogen-bond acceptors (Lipinski definition) is 5. The molecule has 0 fully saturated rings. The summed E-state index contributed by atoms with van der Waals surface area (Å²) in [7, 11) is 1.61. The number of nitrogens with zero attached hydrogens (tertiary/aromatic N) is 1. The number of aliphatic hydroxyl groups excluding tert-OH is 1. The minimum atomic E-state index is -0.463. The lowest BCUT2D eigenvalue weighted by Crippen LogP contribution is -2.33. The van der Waals surface area contributed by atoms with Gasteiger partial charge in [-0.15, -0.1) is 11.3 Å². The third kappa shape index (κ3) is 3.98. The maximum Gasteiger partial charge on any atom is 0.123 e. The lowest BCUT2D eigenvalue weighted by Gasteiger charge is -2.23. The maximum absolute atomic E-state index is 9.84. The molecule has 2 aromatic rings. The molecule has 1 aromatic heterocycles. The average molecular weight is 332 g/mol. The van der Waals surface area contributed by atoms with Crippen molar-refractivity contribution in [2.45, 2.75) is 38.3 Å². The van der Waals surface area contributed by atoms with Gasteiger partial charge >= 0.3 is 0 Å². The van der Waals surface area contributed by atoms with Crippen molar-refractivity contribution in [3.05, 3.63) is 40.4 Å². The molecule has 124 valence electrons. The summed E-state index contributed by atoms with van der Waals surface area (Å²) in [5.41, 5.74) is 3.67. The van der Waals surface area contributed by atoms with Crippen molar-refractivity contribution in [1.29, 1.82) is 0 Å². The van der Waals surface area contributed by atoms with Crippen molar-refractivity contribution in [2.75, 3.05) is 20.3 Å². The molecule has 4 nitrogen and oxygen atoms in total. The summed E-state index contributed by atoms with van der Waals surface area (Å²) in [6.07, 6.45) is 2.83. The van der Waals surface area contributed by atoms with Crippen molar-refractivity contribution in [1.82, 2.24) is 10.3 Å². The normalized spacial score (nSPS) is 18.7. The smallest absolute Gasteiger partial charge is 0.123 e. The van der Waals surface area contributed by atoms with E-state index in [2.05, 4.69) is 36.5 Å². The SMILES string of the molecule is COCC(O)CNC1CCCc2nc(-c3ccc(C)cc3)sc21. The van der Waals surface area contributed by atoms with Crippen LogP contribution in [-0.4, -0.2) is 36.5 Å². The molecule has 1 aliphatic rings. The van der Waals surface area contributed by atoms with Crippen LogP contribution in [0.1, 0.15) is 35.0 Å². The lowest BCUT2D eigenvalue weighted by atomic mass is 9.98. The molecule has 0 saturated heterocycles. The van der Waals surface area contributed by atoms with Crippen LogP contribution in [0.3, 0.4) is 0 Å². The lowest BCUT2D eigenvalue weighted by molar-refractivity contribution is 0.0623. The van der Waals surface area contributed by atoms with Gasteiger partial charge in [0.1, 0.15) is 5.01 Å². The first-order chi connectivity index (χ1) is 11.2. The highest BCUT2D eigenvalue weighted by molar-refractivity contribution is 7.15. The number of aliphatic hydroxyl groups is 1. The minimum absolute atomic E-state index is 0.293. The molecule has 0 bridgehead atoms. The highest BCUT2D eigenvalue weighted by Gasteiger charge is 2.25. The molecular formula is C18H24N2O2S. The molecule has 1 heterocycles. The summed E-state index contributed by atoms with van der Waals surface area (Å²) in [6.45, 7) is 3.02. The average Bonchev–Trinajstić information content (AvgIpc) is 2.98. The van der Waals surface area contributed by atoms with Crippen LogP contribution < -0.4 is 5.32 Å². The van der Waals surface area contributed by atoms with Gasteiger partial charge in [0.15, 0.2) is 0 Å². The van der Waals surface area contributed by atoms with Gasteiger partial charge in [-0.1, -0.05) is 29.8 Å². The molecule has 2 atom stereocenters. The fourth-order valence-corrected chi connectivity index (χ4v) is 4.19. The van der Waals surface area contributed by atoms with Crippen LogP contribution in [0.15, 0.2) is 24.3 Å². The molecule has 3 rings (SSSR count). The molecule has 5 heteroatoms. The second-order valence-corrected chi connectivity index (χ2v) is 7.19. The molecule has 1 aliphatic carbocycles. The number of benzene rings is 1. The summed E-state index contributed by atoms with van der Waals surface area (Å²) in [4.78, 5) is 6.19. The van der Waals surface area contributed by atoms with E-state index in [0.29, 0.717) is 19.2 Å². The Morgan fingerprint density at radius 2 is 2.17 bits per heavy atom. The number of hydrogen-bond donors (Lipinski definition) is 2. The van der Waals surface area contributed by atoms with Gasteiger partial charge in [-0.3, -0.25) is 0 Å². The summed E-state index contributed by atoms with van der Waals surface area (Å²) >= 11 is 1.78. The third-order valence-electron chi connectivity index (χ3n) is 4.21. The number of aryl methyl sites for hydroxylation is 2. The molecule has 0 aliphatic heterocycles. The summed E-state index contributed by atoms with van der Waals surface area (Å²) in [6, 6.07) is 8.84. The zero-order valence-electron chi connectivity index (χ0n) is 13.7. The largest absolute Gasteiger partial charge is 0.389 e. The van der Waals surface area contributed by atoms with Gasteiger partial charge < -0.3 is 15.2 Å². The van der Waals surface area contributed by atoms with E-state index < -0.39 is 6.10 Å². The third-order valence-corrected chi connectivity index (χ3v) is 5.47. The molecule has 2 N–H and O–H groups in total. The van der Waals surface area contributed by atoms with Crippen molar-refractivity contribution >= 4 is 11.3 Å². The van der Waals surface area contributed by atoms with Gasteiger partial charge in [-0.05, 0) is 26.2 Å². The highest BCUT2D eigenvalue weighted by atomic mass is 32.1. The van der Waals surface area contributed by atoms with E-state index in [1.807, 2.05) is 0 Å². The Bertz CT molecular complexity index is 639. The zero-order chi connectivity index (χ0) is 16.2. The van der Waals surface area contributed by atoms with Gasteiger partial charge in [0.2, 0.25) is 0 Å². The monoisotopic (exact) mass is 332 g/mol. The Morgan fingerprint density at radius 1 is 1.39 bits per heavy atom. The van der Waals surface area contributed by atoms with Crippen LogP contribution in [0.5, 0.6) is 0 Å². The number of fused-ring (bicyclic) bond motifs is 1. The molecule has 1 aromatic carbocycles. The Kier molecular flexibility index (Phi) is 5.43. The van der Waals surface area contributed by atoms with E-state index in [-0.39, 0.29) is 0 Å². The number of nitrogens with one attached hydrogen (secondary N) is 1. The topological polar surface area (TPSA) is 54.4 Å². The van der Waals surface area contributed by atoms with Crippen LogP contribution in [0, 0.1) is 6.92 Å². The summed E-state index contributed by atoms with van der Waals surface area (Å²) < 4.78 is 4.98. The first-order valence-corrected chi connectivity index (χ1v) is 8.96. The first kappa shape index (κ1) is 16.6. The van der Waals surface area contributed by atoms with Crippen LogP contribution >= 0.6 is 11.3 Å². The van der Waals surface area contributed by atoms with Crippen LogP contribution in [-0.2, 0) is 11.2 Å². The van der Waals surface area contributed by atoms with Crippen molar-refractivity contribution < 1.29 is 9.84 Å². The highest BCUT2D eigenvalue weighted by Crippen LogP contribution is 2.37. The molecule has 0 saturated carbocycles. The molecule has 0 radical (unpaired) electrons. The van der Waals surface area contributed by atoms with Gasteiger partial charge in [0.25, 0.3) is 0 Å². The van der Waals surface area contributed by atoms with Gasteiger partial charge in [-0.25, -0.2) is 4.98 Å². The van der Waals surface area contributed by atoms with E-state index in [4.69, 9.17) is 9.72 Å². The zero-order valence-corrected chi connectivity index (χ0v) is 14.5. The van der Waals surface area contributed by atoms with E-state index in [1.54, 1.807) is 18.4 Å². The van der Waals surface area contributed by atoms with Crippen LogP contribution in [0.4, 0.5) is 0 Å². The Morgan fingerprint density at radius 3 is 2.91 bits per heavy atom. The Hall–Kier alpha value is -1.27. The second-order valence-electron chi connectivity index (χ2n) is 6.16. The van der Waals surface area contributed by atoms with Crippen LogP contribution in [0.2, 0.25) is 0 Å². The summed E-state index contributed by atoms with van der Waals surface area (Å²) in [5.74, 6) is 0. The molecule has 2 unspecified atom stereocenters. The van der Waals surface area contributed by atoms with E-state index in [0.717, 1.165) is 24.3 Å². The predicted molar refractivity (Wildman–Crippen MR) is 93.9 cm³/mol. The van der Waals surface area contributed by atoms with Crippen molar-refractivity contribution in [2.24, 2.45) is 0 Å². The quantitative estimate of drug-likeness (QED) is 0.853. The molecule has 23 heavy (non-hydrogen) atoms. The first-order valence-electron chi connectivity index (χ1n) is 8.14. The van der Waals surface area contributed by atoms with Gasteiger partial charge in [0.05, 0.1) is 18.4 Å². The molecular weight excluding hydrogens is 308 g/mol. The fraction of sp³-hybridized carbons (Fsp3) is 0.500. The van der Waals surface area contributed by atoms with Crippen molar-refractivity contribution in [3.63, 3.8) is 0 Å². The summed E-state index contributed by atoms with van der Waals surface area (Å²) in [5, 5.41) is 14.4. The van der Waals surface area contributed by atoms with E-state index in [1.165, 1.54) is 21.7 Å². The number of rotatable bonds is 6. The van der Waals surface area contributed by atoms with Gasteiger partial charge in [-0.2, -0.15) is 0 Å². The van der Waals surface area contributed by atoms with E-state index in [9.17, 15) is 5.11 Å². The molecule has 0 spiro atoms. The Balaban J connectivity index is 1.75. The number of thiazole rings is 1. The minimum Gasteiger partial charge on any atom is -0.389 e. The predicted octanol–water partition coefficient (Wildman–Crippen LogP) is 3.09. The van der Waals surface area contributed by atoms with Gasteiger partial charge in [0, 0.05) is 30.1 Å². The standard InChI is InChI=1S/C18H24N2O2S/c1-12-6-8-13(9-7-12)18-20-16-5-3-4-15(17(16)23-18)19-10-14(21)11-22-2/h6-9,14-15,19,21H,3-5,10-11H2,1-2H3. The van der Waals surface area contributed by atoms with E-state index >= 15 is 0 Å².